The van der Waals surface area contributed by atoms with Crippen molar-refractivity contribution < 1.29 is 4.43 Å². The molecule has 0 spiro atoms. The van der Waals surface area contributed by atoms with Crippen LogP contribution in [0.15, 0.2) is 48.5 Å². The number of rotatable bonds is 6. The fraction of sp³-hybridized carbons (Fsp3) is 0.500. The maximum Gasteiger partial charge on any atom is 0.192 e. The number of nitrogens with two attached hydrogens (primary N) is 1. The number of nitrogen functional groups attached to an aromatic ring is 1. The molecule has 3 nitrogen and oxygen atoms in total. The van der Waals surface area contributed by atoms with Crippen molar-refractivity contribution in [3.05, 3.63) is 64.7 Å². The first kappa shape index (κ1) is 22.4. The van der Waals surface area contributed by atoms with Gasteiger partial charge in [-0.15, -0.1) is 0 Å². The Kier molecular flexibility index (Phi) is 6.79. The molecule has 0 saturated carbocycles. The van der Waals surface area contributed by atoms with Gasteiger partial charge in [0.05, 0.1) is 6.10 Å². The highest BCUT2D eigenvalue weighted by atomic mass is 35.5. The van der Waals surface area contributed by atoms with Crippen LogP contribution in [0.4, 0.5) is 5.69 Å². The Morgan fingerprint density at radius 2 is 1.83 bits per heavy atom. The van der Waals surface area contributed by atoms with E-state index in [9.17, 15) is 0 Å². The molecule has 0 aromatic heterocycles. The third-order valence-corrected chi connectivity index (χ3v) is 11.2. The number of benzene rings is 2. The fourth-order valence-corrected chi connectivity index (χ4v) is 5.24. The molecule has 1 aliphatic heterocycles. The lowest BCUT2D eigenvalue weighted by Crippen LogP contribution is -2.46. The second kappa shape index (κ2) is 8.81. The molecule has 1 aliphatic rings. The molecule has 3 rings (SSSR count). The zero-order valence-corrected chi connectivity index (χ0v) is 20.1. The number of anilines is 1. The molecule has 1 saturated heterocycles. The minimum atomic E-state index is -1.94. The molecule has 0 bridgehead atoms. The molecule has 1 fully saturated rings. The van der Waals surface area contributed by atoms with Crippen molar-refractivity contribution in [2.75, 3.05) is 5.73 Å². The summed E-state index contributed by atoms with van der Waals surface area (Å²) in [7, 11) is -1.94. The lowest BCUT2D eigenvalue weighted by Gasteiger charge is -2.41. The average Bonchev–Trinajstić information content (AvgIpc) is 3.09. The first-order valence-corrected chi connectivity index (χ1v) is 13.9. The lowest BCUT2D eigenvalue weighted by molar-refractivity contribution is 0.143. The van der Waals surface area contributed by atoms with E-state index in [4.69, 9.17) is 21.8 Å². The summed E-state index contributed by atoms with van der Waals surface area (Å²) in [4.78, 5) is 0. The smallest absolute Gasteiger partial charge is 0.192 e. The molecular weight excluding hydrogens is 396 g/mol. The molecule has 0 amide bonds. The van der Waals surface area contributed by atoms with E-state index in [1.165, 1.54) is 11.1 Å². The largest absolute Gasteiger partial charge is 0.408 e. The van der Waals surface area contributed by atoms with Crippen LogP contribution in [0.1, 0.15) is 50.8 Å². The molecule has 1 heterocycles. The van der Waals surface area contributed by atoms with Gasteiger partial charge >= 0.3 is 0 Å². The summed E-state index contributed by atoms with van der Waals surface area (Å²) in [5.74, 6) is 0. The number of hydrogen-bond donors (Lipinski definition) is 2. The van der Waals surface area contributed by atoms with Gasteiger partial charge in [-0.2, -0.15) is 0 Å². The Morgan fingerprint density at radius 1 is 1.14 bits per heavy atom. The Morgan fingerprint density at radius 3 is 2.45 bits per heavy atom. The number of nitrogens with one attached hydrogen (secondary N) is 1. The second-order valence-corrected chi connectivity index (χ2v) is 15.0. The zero-order chi connectivity index (χ0) is 21.2. The Hall–Kier alpha value is -1.33. The third-order valence-electron chi connectivity index (χ3n) is 6.51. The van der Waals surface area contributed by atoms with Gasteiger partial charge in [-0.05, 0) is 72.8 Å². The van der Waals surface area contributed by atoms with Crippen LogP contribution in [0.2, 0.25) is 23.2 Å². The molecule has 158 valence electrons. The van der Waals surface area contributed by atoms with Crippen LogP contribution in [-0.2, 0) is 10.8 Å². The maximum absolute atomic E-state index is 6.94. The second-order valence-electron chi connectivity index (χ2n) is 9.85. The first-order valence-electron chi connectivity index (χ1n) is 10.6. The molecule has 3 N–H and O–H groups in total. The van der Waals surface area contributed by atoms with Crippen LogP contribution < -0.4 is 11.1 Å². The van der Waals surface area contributed by atoms with Gasteiger partial charge in [-0.1, -0.05) is 56.6 Å². The summed E-state index contributed by atoms with van der Waals surface area (Å²) >= 11 is 6.33. The van der Waals surface area contributed by atoms with Gasteiger partial charge in [-0.3, -0.25) is 0 Å². The number of halogens is 1. The molecule has 3 atom stereocenters. The first-order chi connectivity index (χ1) is 13.5. The van der Waals surface area contributed by atoms with Gasteiger partial charge < -0.3 is 15.5 Å². The summed E-state index contributed by atoms with van der Waals surface area (Å²) in [6.45, 7) is 11.5. The van der Waals surface area contributed by atoms with E-state index in [0.29, 0.717) is 12.1 Å². The minimum Gasteiger partial charge on any atom is -0.408 e. The molecular formula is C24H35ClN2OSi. The third kappa shape index (κ3) is 5.63. The quantitative estimate of drug-likeness (QED) is 0.414. The van der Waals surface area contributed by atoms with E-state index < -0.39 is 8.32 Å². The van der Waals surface area contributed by atoms with Crippen molar-refractivity contribution in [2.45, 2.75) is 76.4 Å². The number of hydrogen-bond acceptors (Lipinski definition) is 3. The van der Waals surface area contributed by atoms with Crippen molar-refractivity contribution in [3.8, 4) is 0 Å². The Balaban J connectivity index is 1.78. The fourth-order valence-electron chi connectivity index (χ4n) is 3.75. The predicted molar refractivity (Wildman–Crippen MR) is 127 cm³/mol. The summed E-state index contributed by atoms with van der Waals surface area (Å²) in [5.41, 5.74) is 9.14. The van der Waals surface area contributed by atoms with Crippen molar-refractivity contribution in [1.29, 1.82) is 0 Å². The highest BCUT2D eigenvalue weighted by Crippen LogP contribution is 2.42. The molecule has 1 unspecified atom stereocenters. The topological polar surface area (TPSA) is 47.3 Å². The standard InChI is InChI=1S/C24H35ClN2OSi/c1-24(2,3)29(4,5)28-23(18-7-6-8-19(25)16-18)22-14-13-21(27-22)15-17-9-11-20(26)12-10-17/h6-12,16,21-23,27H,13-15,26H2,1-5H3/t21?,22-,23-/m1/s1. The van der Waals surface area contributed by atoms with Crippen molar-refractivity contribution >= 4 is 25.6 Å². The molecule has 29 heavy (non-hydrogen) atoms. The highest BCUT2D eigenvalue weighted by Gasteiger charge is 2.42. The molecule has 0 aliphatic carbocycles. The normalized spacial score (nSPS) is 21.3. The van der Waals surface area contributed by atoms with Crippen molar-refractivity contribution in [3.63, 3.8) is 0 Å². The predicted octanol–water partition coefficient (Wildman–Crippen LogP) is 6.35. The average molecular weight is 431 g/mol. The zero-order valence-electron chi connectivity index (χ0n) is 18.3. The van der Waals surface area contributed by atoms with Crippen LogP contribution >= 0.6 is 11.6 Å². The van der Waals surface area contributed by atoms with E-state index >= 15 is 0 Å². The molecule has 2 aromatic carbocycles. The van der Waals surface area contributed by atoms with E-state index in [1.54, 1.807) is 0 Å². The van der Waals surface area contributed by atoms with Gasteiger partial charge in [-0.25, -0.2) is 0 Å². The van der Waals surface area contributed by atoms with E-state index in [2.05, 4.69) is 63.4 Å². The highest BCUT2D eigenvalue weighted by molar-refractivity contribution is 6.74. The van der Waals surface area contributed by atoms with Crippen LogP contribution in [-0.4, -0.2) is 20.4 Å². The summed E-state index contributed by atoms with van der Waals surface area (Å²) in [6.07, 6.45) is 3.28. The van der Waals surface area contributed by atoms with Crippen LogP contribution in [0.5, 0.6) is 0 Å². The Labute approximate surface area is 182 Å². The molecule has 0 radical (unpaired) electrons. The van der Waals surface area contributed by atoms with Crippen LogP contribution in [0, 0.1) is 0 Å². The van der Waals surface area contributed by atoms with Gasteiger partial charge in [0.15, 0.2) is 8.32 Å². The van der Waals surface area contributed by atoms with E-state index in [0.717, 1.165) is 30.0 Å². The molecule has 2 aromatic rings. The van der Waals surface area contributed by atoms with Crippen LogP contribution in [0.3, 0.4) is 0 Å². The van der Waals surface area contributed by atoms with Crippen LogP contribution in [0.25, 0.3) is 0 Å². The van der Waals surface area contributed by atoms with Crippen molar-refractivity contribution in [1.82, 2.24) is 5.32 Å². The van der Waals surface area contributed by atoms with E-state index in [1.807, 2.05) is 24.3 Å². The SMILES string of the molecule is CC(C)(C)[Si](C)(C)O[C@H](c1cccc(Cl)c1)[C@H]1CCC(Cc2ccc(N)cc2)N1. The van der Waals surface area contributed by atoms with Crippen molar-refractivity contribution in [2.24, 2.45) is 0 Å². The lowest BCUT2D eigenvalue weighted by atomic mass is 10.0. The monoisotopic (exact) mass is 430 g/mol. The minimum absolute atomic E-state index is 0.0195. The summed E-state index contributed by atoms with van der Waals surface area (Å²) < 4.78 is 6.94. The summed E-state index contributed by atoms with van der Waals surface area (Å²) in [6, 6.07) is 17.1. The maximum atomic E-state index is 6.94. The molecule has 5 heteroatoms. The van der Waals surface area contributed by atoms with Gasteiger partial charge in [0, 0.05) is 22.8 Å². The van der Waals surface area contributed by atoms with Gasteiger partial charge in [0.1, 0.15) is 0 Å². The summed E-state index contributed by atoms with van der Waals surface area (Å²) in [5, 5.41) is 4.79. The van der Waals surface area contributed by atoms with Gasteiger partial charge in [0.25, 0.3) is 0 Å². The van der Waals surface area contributed by atoms with Gasteiger partial charge in [0.2, 0.25) is 0 Å². The Bertz CT molecular complexity index is 816. The van der Waals surface area contributed by atoms with E-state index in [-0.39, 0.29) is 11.1 Å².